The molecule has 1 aromatic rings. The van der Waals surface area contributed by atoms with Gasteiger partial charge in [0.05, 0.1) is 5.25 Å². The van der Waals surface area contributed by atoms with Crippen LogP contribution in [0.2, 0.25) is 0 Å². The molecule has 0 amide bonds. The summed E-state index contributed by atoms with van der Waals surface area (Å²) in [5.41, 5.74) is 1.22. The minimum atomic E-state index is -3.23. The maximum absolute atomic E-state index is 11.8. The molecule has 0 saturated carbocycles. The Morgan fingerprint density at radius 3 is 2.53 bits per heavy atom. The van der Waals surface area contributed by atoms with Crippen LogP contribution in [0.15, 0.2) is 6.07 Å². The van der Waals surface area contributed by atoms with Crippen molar-refractivity contribution in [3.8, 4) is 0 Å². The number of nitrogens with one attached hydrogen (secondary N) is 2. The first-order valence-electron chi connectivity index (χ1n) is 5.56. The summed E-state index contributed by atoms with van der Waals surface area (Å²) in [4.78, 5) is 2.29. The van der Waals surface area contributed by atoms with E-state index in [4.69, 9.17) is 0 Å². The zero-order valence-electron chi connectivity index (χ0n) is 10.7. The summed E-state index contributed by atoms with van der Waals surface area (Å²) in [7, 11) is -1.48. The Balaban J connectivity index is 2.61. The van der Waals surface area contributed by atoms with Crippen molar-refractivity contribution >= 4 is 21.4 Å². The number of aryl methyl sites for hydroxylation is 2. The van der Waals surface area contributed by atoms with E-state index in [1.165, 1.54) is 10.4 Å². The second-order valence-electron chi connectivity index (χ2n) is 4.19. The molecule has 0 spiro atoms. The van der Waals surface area contributed by atoms with Crippen molar-refractivity contribution in [2.45, 2.75) is 32.6 Å². The molecule has 0 aliphatic heterocycles. The molecular formula is C11H20N2O2S2. The van der Waals surface area contributed by atoms with Gasteiger partial charge in [-0.25, -0.2) is 13.1 Å². The van der Waals surface area contributed by atoms with Crippen LogP contribution in [0.5, 0.6) is 0 Å². The summed E-state index contributed by atoms with van der Waals surface area (Å²) in [6.45, 7) is 6.62. The molecule has 0 radical (unpaired) electrons. The lowest BCUT2D eigenvalue weighted by Gasteiger charge is -2.12. The van der Waals surface area contributed by atoms with Gasteiger partial charge in [0.15, 0.2) is 0 Å². The molecule has 1 atom stereocenters. The number of sulfonamides is 1. The predicted octanol–water partition coefficient (Wildman–Crippen LogP) is 1.39. The van der Waals surface area contributed by atoms with Gasteiger partial charge in [-0.05, 0) is 39.4 Å². The van der Waals surface area contributed by atoms with E-state index < -0.39 is 15.3 Å². The van der Waals surface area contributed by atoms with Gasteiger partial charge in [0, 0.05) is 22.8 Å². The number of hydrogen-bond donors (Lipinski definition) is 2. The van der Waals surface area contributed by atoms with Crippen molar-refractivity contribution in [3.05, 3.63) is 21.4 Å². The van der Waals surface area contributed by atoms with Gasteiger partial charge >= 0.3 is 0 Å². The normalized spacial score (nSPS) is 13.9. The topological polar surface area (TPSA) is 58.2 Å². The lowest BCUT2D eigenvalue weighted by atomic mass is 10.3. The minimum absolute atomic E-state index is 0.385. The van der Waals surface area contributed by atoms with E-state index in [9.17, 15) is 8.42 Å². The molecule has 1 aromatic heterocycles. The number of rotatable bonds is 6. The van der Waals surface area contributed by atoms with Crippen molar-refractivity contribution < 1.29 is 8.42 Å². The SMILES string of the molecule is CNCC(C)S(=O)(=O)NCc1cc(C)c(C)s1. The fourth-order valence-electron chi connectivity index (χ4n) is 1.45. The highest BCUT2D eigenvalue weighted by molar-refractivity contribution is 7.90. The molecule has 4 nitrogen and oxygen atoms in total. The zero-order valence-corrected chi connectivity index (χ0v) is 12.3. The Hall–Kier alpha value is -0.430. The van der Waals surface area contributed by atoms with E-state index in [0.717, 1.165) is 4.88 Å². The van der Waals surface area contributed by atoms with Crippen LogP contribution < -0.4 is 10.0 Å². The Labute approximate surface area is 107 Å². The first kappa shape index (κ1) is 14.6. The van der Waals surface area contributed by atoms with Gasteiger partial charge in [0.25, 0.3) is 0 Å². The molecule has 0 fully saturated rings. The molecular weight excluding hydrogens is 256 g/mol. The molecule has 0 saturated heterocycles. The minimum Gasteiger partial charge on any atom is -0.318 e. The maximum Gasteiger partial charge on any atom is 0.215 e. The largest absolute Gasteiger partial charge is 0.318 e. The Kier molecular flexibility index (Phi) is 5.12. The van der Waals surface area contributed by atoms with Crippen molar-refractivity contribution in [3.63, 3.8) is 0 Å². The predicted molar refractivity (Wildman–Crippen MR) is 72.9 cm³/mol. The van der Waals surface area contributed by atoms with Gasteiger partial charge in [-0.15, -0.1) is 11.3 Å². The molecule has 1 rings (SSSR count). The van der Waals surface area contributed by atoms with Crippen LogP contribution in [0, 0.1) is 13.8 Å². The monoisotopic (exact) mass is 276 g/mol. The maximum atomic E-state index is 11.8. The summed E-state index contributed by atoms with van der Waals surface area (Å²) < 4.78 is 26.3. The van der Waals surface area contributed by atoms with Crippen LogP contribution in [0.25, 0.3) is 0 Å². The van der Waals surface area contributed by atoms with E-state index in [-0.39, 0.29) is 0 Å². The summed E-state index contributed by atoms with van der Waals surface area (Å²) in [6, 6.07) is 2.03. The molecule has 0 aliphatic carbocycles. The van der Waals surface area contributed by atoms with Gasteiger partial charge < -0.3 is 5.32 Å². The van der Waals surface area contributed by atoms with E-state index in [1.54, 1.807) is 25.3 Å². The molecule has 1 unspecified atom stereocenters. The van der Waals surface area contributed by atoms with Crippen LogP contribution in [0.3, 0.4) is 0 Å². The second-order valence-corrected chi connectivity index (χ2v) is 7.71. The third-order valence-electron chi connectivity index (χ3n) is 2.69. The first-order valence-corrected chi connectivity index (χ1v) is 7.92. The standard InChI is InChI=1S/C11H20N2O2S2/c1-8-5-11(16-10(8)3)7-13-17(14,15)9(2)6-12-4/h5,9,12-13H,6-7H2,1-4H3. The van der Waals surface area contributed by atoms with Crippen LogP contribution in [-0.4, -0.2) is 27.3 Å². The molecule has 0 aliphatic rings. The van der Waals surface area contributed by atoms with Crippen molar-refractivity contribution in [2.75, 3.05) is 13.6 Å². The van der Waals surface area contributed by atoms with E-state index in [2.05, 4.69) is 10.0 Å². The molecule has 6 heteroatoms. The van der Waals surface area contributed by atoms with Crippen LogP contribution >= 0.6 is 11.3 Å². The van der Waals surface area contributed by atoms with E-state index in [0.29, 0.717) is 13.1 Å². The van der Waals surface area contributed by atoms with Crippen LogP contribution in [0.1, 0.15) is 22.2 Å². The van der Waals surface area contributed by atoms with Crippen molar-refractivity contribution in [1.29, 1.82) is 0 Å². The van der Waals surface area contributed by atoms with E-state index >= 15 is 0 Å². The fourth-order valence-corrected chi connectivity index (χ4v) is 3.56. The molecule has 0 aromatic carbocycles. The van der Waals surface area contributed by atoms with Crippen LogP contribution in [-0.2, 0) is 16.6 Å². The molecule has 98 valence electrons. The molecule has 0 bridgehead atoms. The van der Waals surface area contributed by atoms with E-state index in [1.807, 2.05) is 19.9 Å². The van der Waals surface area contributed by atoms with Gasteiger partial charge in [0.2, 0.25) is 10.0 Å². The average molecular weight is 276 g/mol. The lowest BCUT2D eigenvalue weighted by molar-refractivity contribution is 0.564. The number of thiophene rings is 1. The lowest BCUT2D eigenvalue weighted by Crippen LogP contribution is -2.37. The summed E-state index contributed by atoms with van der Waals surface area (Å²) >= 11 is 1.64. The first-order chi connectivity index (χ1) is 7.86. The Bertz CT molecular complexity index is 446. The summed E-state index contributed by atoms with van der Waals surface area (Å²) in [5.74, 6) is 0. The van der Waals surface area contributed by atoms with Gasteiger partial charge in [-0.3, -0.25) is 0 Å². The highest BCUT2D eigenvalue weighted by Crippen LogP contribution is 2.20. The Morgan fingerprint density at radius 1 is 1.41 bits per heavy atom. The molecule has 1 heterocycles. The van der Waals surface area contributed by atoms with Crippen LogP contribution in [0.4, 0.5) is 0 Å². The number of hydrogen-bond acceptors (Lipinski definition) is 4. The zero-order chi connectivity index (χ0) is 13.1. The molecule has 17 heavy (non-hydrogen) atoms. The third kappa shape index (κ3) is 4.06. The summed E-state index contributed by atoms with van der Waals surface area (Å²) in [5, 5.41) is 2.45. The Morgan fingerprint density at radius 2 is 2.06 bits per heavy atom. The van der Waals surface area contributed by atoms with Gasteiger partial charge in [-0.2, -0.15) is 0 Å². The van der Waals surface area contributed by atoms with Crippen molar-refractivity contribution in [2.24, 2.45) is 0 Å². The highest BCUT2D eigenvalue weighted by atomic mass is 32.2. The van der Waals surface area contributed by atoms with Gasteiger partial charge in [-0.1, -0.05) is 0 Å². The molecule has 2 N–H and O–H groups in total. The van der Waals surface area contributed by atoms with Gasteiger partial charge in [0.1, 0.15) is 0 Å². The third-order valence-corrected chi connectivity index (χ3v) is 5.61. The quantitative estimate of drug-likeness (QED) is 0.825. The van der Waals surface area contributed by atoms with Crippen molar-refractivity contribution in [1.82, 2.24) is 10.0 Å². The highest BCUT2D eigenvalue weighted by Gasteiger charge is 2.19. The second kappa shape index (κ2) is 5.95. The fraction of sp³-hybridized carbons (Fsp3) is 0.636. The summed E-state index contributed by atoms with van der Waals surface area (Å²) in [6.07, 6.45) is 0. The average Bonchev–Trinajstić information content (AvgIpc) is 2.56. The smallest absolute Gasteiger partial charge is 0.215 e.